The Morgan fingerprint density at radius 3 is 2.57 bits per heavy atom. The van der Waals surface area contributed by atoms with Gasteiger partial charge in [0.2, 0.25) is 5.91 Å². The van der Waals surface area contributed by atoms with Crippen molar-refractivity contribution in [1.82, 2.24) is 4.98 Å². The van der Waals surface area contributed by atoms with Gasteiger partial charge in [-0.15, -0.1) is 0 Å². The summed E-state index contributed by atoms with van der Waals surface area (Å²) in [4.78, 5) is 17.9. The number of nitrogens with one attached hydrogen (secondary N) is 1. The van der Waals surface area contributed by atoms with E-state index >= 15 is 0 Å². The summed E-state index contributed by atoms with van der Waals surface area (Å²) >= 11 is 6.08. The minimum absolute atomic E-state index is 0.0808. The summed E-state index contributed by atoms with van der Waals surface area (Å²) in [6.45, 7) is 4.18. The normalized spacial score (nSPS) is 10.3. The van der Waals surface area contributed by atoms with Gasteiger partial charge in [-0.3, -0.25) is 9.78 Å². The summed E-state index contributed by atoms with van der Waals surface area (Å²) in [5.74, 6) is -0.0808. The number of halogens is 1. The van der Waals surface area contributed by atoms with Gasteiger partial charge in [-0.2, -0.15) is 0 Å². The molecule has 21 heavy (non-hydrogen) atoms. The van der Waals surface area contributed by atoms with Gasteiger partial charge in [-0.25, -0.2) is 0 Å². The van der Waals surface area contributed by atoms with Crippen LogP contribution in [0.4, 0.5) is 11.4 Å². The Bertz CT molecular complexity index is 637. The van der Waals surface area contributed by atoms with Crippen LogP contribution in [0.25, 0.3) is 0 Å². The molecule has 2 rings (SSSR count). The number of aryl methyl sites for hydroxylation is 2. The first-order valence-electron chi connectivity index (χ1n) is 6.65. The van der Waals surface area contributed by atoms with Gasteiger partial charge in [-0.05, 0) is 31.0 Å². The van der Waals surface area contributed by atoms with E-state index in [4.69, 9.17) is 11.6 Å². The summed E-state index contributed by atoms with van der Waals surface area (Å²) in [7, 11) is 1.82. The Hall–Kier alpha value is -2.07. The maximum Gasteiger partial charge on any atom is 0.243 e. The van der Waals surface area contributed by atoms with Gasteiger partial charge in [-0.1, -0.05) is 29.8 Å². The van der Waals surface area contributed by atoms with Crippen LogP contribution in [0.15, 0.2) is 36.7 Å². The first-order chi connectivity index (χ1) is 9.99. The summed E-state index contributed by atoms with van der Waals surface area (Å²) in [6, 6.07) is 7.72. The number of aromatic nitrogens is 1. The average Bonchev–Trinajstić information content (AvgIpc) is 2.43. The van der Waals surface area contributed by atoms with Crippen molar-refractivity contribution in [2.75, 3.05) is 23.8 Å². The van der Waals surface area contributed by atoms with E-state index in [0.717, 1.165) is 22.5 Å². The van der Waals surface area contributed by atoms with Crippen molar-refractivity contribution in [3.8, 4) is 0 Å². The molecule has 5 heteroatoms. The molecule has 0 aliphatic heterocycles. The number of likely N-dealkylation sites (N-methyl/N-ethyl adjacent to an activating group) is 1. The number of benzene rings is 1. The van der Waals surface area contributed by atoms with Crippen LogP contribution in [0, 0.1) is 13.8 Å². The molecule has 0 aliphatic rings. The lowest BCUT2D eigenvalue weighted by atomic mass is 10.1. The molecule has 1 N–H and O–H groups in total. The van der Waals surface area contributed by atoms with Crippen LogP contribution < -0.4 is 10.2 Å². The van der Waals surface area contributed by atoms with Gasteiger partial charge in [0.1, 0.15) is 0 Å². The van der Waals surface area contributed by atoms with Crippen LogP contribution in [0.5, 0.6) is 0 Å². The fraction of sp³-hybridized carbons (Fsp3) is 0.250. The van der Waals surface area contributed by atoms with E-state index in [0.29, 0.717) is 5.02 Å². The molecular weight excluding hydrogens is 286 g/mol. The molecule has 0 bridgehead atoms. The molecule has 1 amide bonds. The Labute approximate surface area is 129 Å². The predicted molar refractivity (Wildman–Crippen MR) is 87.1 cm³/mol. The van der Waals surface area contributed by atoms with Crippen LogP contribution in [-0.2, 0) is 4.79 Å². The Morgan fingerprint density at radius 1 is 1.29 bits per heavy atom. The van der Waals surface area contributed by atoms with E-state index in [9.17, 15) is 4.79 Å². The van der Waals surface area contributed by atoms with Crippen molar-refractivity contribution in [3.63, 3.8) is 0 Å². The van der Waals surface area contributed by atoms with Gasteiger partial charge in [0.25, 0.3) is 0 Å². The number of hydrogen-bond acceptors (Lipinski definition) is 3. The highest BCUT2D eigenvalue weighted by Crippen LogP contribution is 2.23. The molecule has 0 aliphatic carbocycles. The highest BCUT2D eigenvalue weighted by molar-refractivity contribution is 6.33. The molecule has 0 saturated heterocycles. The van der Waals surface area contributed by atoms with Crippen LogP contribution in [-0.4, -0.2) is 24.5 Å². The first-order valence-corrected chi connectivity index (χ1v) is 7.03. The van der Waals surface area contributed by atoms with E-state index < -0.39 is 0 Å². The van der Waals surface area contributed by atoms with E-state index in [2.05, 4.69) is 10.3 Å². The van der Waals surface area contributed by atoms with E-state index in [1.54, 1.807) is 23.4 Å². The Morgan fingerprint density at radius 2 is 1.95 bits per heavy atom. The number of pyridine rings is 1. The molecule has 0 atom stereocenters. The molecule has 4 nitrogen and oxygen atoms in total. The van der Waals surface area contributed by atoms with Crippen molar-refractivity contribution in [2.24, 2.45) is 0 Å². The molecule has 1 aromatic heterocycles. The third kappa shape index (κ3) is 3.73. The van der Waals surface area contributed by atoms with E-state index in [1.165, 1.54) is 0 Å². The quantitative estimate of drug-likeness (QED) is 0.941. The number of carbonyl (C=O) groups excluding carboxylic acids is 1. The SMILES string of the molecule is Cc1cccc(C)c1NC(=O)CN(C)c1ccncc1Cl. The number of carbonyl (C=O) groups is 1. The fourth-order valence-corrected chi connectivity index (χ4v) is 2.43. The molecule has 110 valence electrons. The number of hydrogen-bond donors (Lipinski definition) is 1. The van der Waals surface area contributed by atoms with Crippen LogP contribution in [0.2, 0.25) is 5.02 Å². The lowest BCUT2D eigenvalue weighted by Gasteiger charge is -2.20. The molecule has 1 heterocycles. The zero-order chi connectivity index (χ0) is 15.4. The van der Waals surface area contributed by atoms with Crippen molar-refractivity contribution >= 4 is 28.9 Å². The largest absolute Gasteiger partial charge is 0.364 e. The number of nitrogens with zero attached hydrogens (tertiary/aromatic N) is 2. The van der Waals surface area contributed by atoms with Gasteiger partial charge in [0.15, 0.2) is 0 Å². The zero-order valence-corrected chi connectivity index (χ0v) is 13.1. The third-order valence-corrected chi connectivity index (χ3v) is 3.58. The summed E-state index contributed by atoms with van der Waals surface area (Å²) < 4.78 is 0. The highest BCUT2D eigenvalue weighted by Gasteiger charge is 2.12. The standard InChI is InChI=1S/C16H18ClN3O/c1-11-5-4-6-12(2)16(11)19-15(21)10-20(3)14-7-8-18-9-13(14)17/h4-9H,10H2,1-3H3,(H,19,21). The Balaban J connectivity index is 2.07. The van der Waals surface area contributed by atoms with Crippen LogP contribution in [0.1, 0.15) is 11.1 Å². The smallest absolute Gasteiger partial charge is 0.243 e. The zero-order valence-electron chi connectivity index (χ0n) is 12.4. The average molecular weight is 304 g/mol. The van der Waals surface area contributed by atoms with Crippen molar-refractivity contribution in [3.05, 3.63) is 52.8 Å². The second-order valence-electron chi connectivity index (χ2n) is 5.00. The van der Waals surface area contributed by atoms with Crippen molar-refractivity contribution in [2.45, 2.75) is 13.8 Å². The molecule has 1 aromatic carbocycles. The lowest BCUT2D eigenvalue weighted by molar-refractivity contribution is -0.114. The second-order valence-corrected chi connectivity index (χ2v) is 5.41. The third-order valence-electron chi connectivity index (χ3n) is 3.29. The minimum Gasteiger partial charge on any atom is -0.364 e. The maximum absolute atomic E-state index is 12.2. The van der Waals surface area contributed by atoms with Crippen LogP contribution in [0.3, 0.4) is 0 Å². The topological polar surface area (TPSA) is 45.2 Å². The summed E-state index contributed by atoms with van der Waals surface area (Å²) in [5.41, 5.74) is 3.75. The molecule has 0 spiro atoms. The highest BCUT2D eigenvalue weighted by atomic mass is 35.5. The van der Waals surface area contributed by atoms with E-state index in [-0.39, 0.29) is 12.5 Å². The van der Waals surface area contributed by atoms with Gasteiger partial charge in [0, 0.05) is 25.1 Å². The molecule has 0 radical (unpaired) electrons. The maximum atomic E-state index is 12.2. The number of anilines is 2. The van der Waals surface area contributed by atoms with Gasteiger partial charge >= 0.3 is 0 Å². The van der Waals surface area contributed by atoms with Crippen molar-refractivity contribution in [1.29, 1.82) is 0 Å². The first kappa shape index (κ1) is 15.3. The Kier molecular flexibility index (Phi) is 4.81. The summed E-state index contributed by atoms with van der Waals surface area (Å²) in [5, 5.41) is 3.49. The molecule has 0 saturated carbocycles. The minimum atomic E-state index is -0.0808. The number of rotatable bonds is 4. The molecule has 2 aromatic rings. The molecule has 0 fully saturated rings. The second kappa shape index (κ2) is 6.59. The van der Waals surface area contributed by atoms with Gasteiger partial charge < -0.3 is 10.2 Å². The van der Waals surface area contributed by atoms with Crippen LogP contribution >= 0.6 is 11.6 Å². The number of amides is 1. The summed E-state index contributed by atoms with van der Waals surface area (Å²) in [6.07, 6.45) is 3.22. The predicted octanol–water partition coefficient (Wildman–Crippen LogP) is 3.43. The van der Waals surface area contributed by atoms with E-state index in [1.807, 2.05) is 39.1 Å². The van der Waals surface area contributed by atoms with Gasteiger partial charge in [0.05, 0.1) is 17.3 Å². The molecular formula is C16H18ClN3O. The van der Waals surface area contributed by atoms with Crippen molar-refractivity contribution < 1.29 is 4.79 Å². The number of para-hydroxylation sites is 1. The monoisotopic (exact) mass is 303 g/mol. The lowest BCUT2D eigenvalue weighted by Crippen LogP contribution is -2.30. The molecule has 0 unspecified atom stereocenters. The fourth-order valence-electron chi connectivity index (χ4n) is 2.17.